The van der Waals surface area contributed by atoms with Crippen LogP contribution < -0.4 is 10.6 Å². The number of nitrogens with zero attached hydrogens (tertiary/aromatic N) is 1. The second kappa shape index (κ2) is 18.9. The van der Waals surface area contributed by atoms with Crippen molar-refractivity contribution in [1.29, 1.82) is 0 Å². The highest BCUT2D eigenvalue weighted by atomic mass is 79.9. The van der Waals surface area contributed by atoms with Gasteiger partial charge in [0.15, 0.2) is 0 Å². The molecule has 0 aliphatic heterocycles. The van der Waals surface area contributed by atoms with Gasteiger partial charge in [0.05, 0.1) is 5.56 Å². The van der Waals surface area contributed by atoms with Crippen molar-refractivity contribution in [1.82, 2.24) is 20.5 Å². The molecule has 1 aromatic rings. The Kier molecular flexibility index (Phi) is 16.7. The minimum absolute atomic E-state index is 0.100. The van der Waals surface area contributed by atoms with Crippen molar-refractivity contribution in [3.63, 3.8) is 0 Å². The molecule has 0 fully saturated rings. The largest absolute Gasteiger partial charge is 0.358 e. The Labute approximate surface area is 235 Å². The van der Waals surface area contributed by atoms with Gasteiger partial charge in [-0.15, -0.1) is 6.58 Å². The molecular weight excluding hydrogens is 548 g/mol. The Bertz CT molecular complexity index is 990. The van der Waals surface area contributed by atoms with Gasteiger partial charge in [0.25, 0.3) is 11.8 Å². The molecule has 204 valence electrons. The molecule has 1 rings (SSSR count). The summed E-state index contributed by atoms with van der Waals surface area (Å²) in [6.07, 6.45) is 16.1. The number of likely N-dealkylation sites (N-methyl/N-ethyl adjacent to an activating group) is 1. The van der Waals surface area contributed by atoms with E-state index in [0.717, 1.165) is 54.5 Å². The van der Waals surface area contributed by atoms with Gasteiger partial charge in [-0.1, -0.05) is 66.2 Å². The Morgan fingerprint density at radius 1 is 1.19 bits per heavy atom. The molecule has 6 nitrogen and oxygen atoms in total. The number of hydrogen-bond donors (Lipinski definition) is 3. The van der Waals surface area contributed by atoms with Crippen molar-refractivity contribution in [2.75, 3.05) is 37.7 Å². The van der Waals surface area contributed by atoms with Crippen LogP contribution in [-0.4, -0.2) is 64.2 Å². The summed E-state index contributed by atoms with van der Waals surface area (Å²) in [6, 6.07) is 0. The van der Waals surface area contributed by atoms with E-state index in [1.807, 2.05) is 39.0 Å². The van der Waals surface area contributed by atoms with Gasteiger partial charge in [0.1, 0.15) is 0 Å². The van der Waals surface area contributed by atoms with Crippen LogP contribution in [0.4, 0.5) is 0 Å². The monoisotopic (exact) mass is 590 g/mol. The number of amides is 2. The normalized spacial score (nSPS) is 13.2. The Morgan fingerprint density at radius 2 is 1.89 bits per heavy atom. The lowest BCUT2D eigenvalue weighted by atomic mass is 10.1. The number of rotatable bonds is 17. The molecule has 0 aliphatic rings. The van der Waals surface area contributed by atoms with E-state index in [9.17, 15) is 9.59 Å². The van der Waals surface area contributed by atoms with Crippen LogP contribution in [0.15, 0.2) is 54.8 Å². The van der Waals surface area contributed by atoms with Crippen LogP contribution in [0.1, 0.15) is 54.5 Å². The first-order valence-corrected chi connectivity index (χ1v) is 14.8. The maximum atomic E-state index is 12.9. The minimum Gasteiger partial charge on any atom is -0.358 e. The lowest BCUT2D eigenvalue weighted by Gasteiger charge is -2.18. The van der Waals surface area contributed by atoms with Crippen LogP contribution in [0.3, 0.4) is 0 Å². The van der Waals surface area contributed by atoms with Gasteiger partial charge in [-0.3, -0.25) is 9.59 Å². The summed E-state index contributed by atoms with van der Waals surface area (Å²) < 4.78 is 0. The zero-order valence-electron chi connectivity index (χ0n) is 22.9. The molecule has 1 aromatic heterocycles. The van der Waals surface area contributed by atoms with Gasteiger partial charge in [-0.05, 0) is 58.1 Å². The summed E-state index contributed by atoms with van der Waals surface area (Å²) in [5.74, 6) is 1.35. The minimum atomic E-state index is -0.206. The summed E-state index contributed by atoms with van der Waals surface area (Å²) in [4.78, 5) is 31.6. The van der Waals surface area contributed by atoms with Crippen molar-refractivity contribution in [3.8, 4) is 0 Å². The average molecular weight is 592 g/mol. The number of halogens is 1. The van der Waals surface area contributed by atoms with E-state index in [1.54, 1.807) is 30.1 Å². The number of nitrogens with one attached hydrogen (secondary N) is 3. The van der Waals surface area contributed by atoms with E-state index in [-0.39, 0.29) is 11.8 Å². The highest BCUT2D eigenvalue weighted by molar-refractivity contribution is 9.09. The predicted molar refractivity (Wildman–Crippen MR) is 164 cm³/mol. The molecule has 0 saturated carbocycles. The van der Waals surface area contributed by atoms with Crippen molar-refractivity contribution in [2.24, 2.45) is 0 Å². The fraction of sp³-hybridized carbons (Fsp3) is 0.448. The number of aryl methyl sites for hydroxylation is 1. The maximum absolute atomic E-state index is 12.9. The number of hydrogen-bond acceptors (Lipinski definition) is 4. The molecule has 0 saturated heterocycles. The molecule has 2 amide bonds. The van der Waals surface area contributed by atoms with Gasteiger partial charge >= 0.3 is 0 Å². The molecule has 0 aliphatic carbocycles. The Morgan fingerprint density at radius 3 is 2.54 bits per heavy atom. The fourth-order valence-corrected chi connectivity index (χ4v) is 4.72. The summed E-state index contributed by atoms with van der Waals surface area (Å²) in [6.45, 7) is 16.9. The number of alkyl halides is 1. The third-order valence-electron chi connectivity index (χ3n) is 5.72. The molecule has 3 N–H and O–H groups in total. The highest BCUT2D eigenvalue weighted by Crippen LogP contribution is 2.21. The standard InChI is InChI=1S/C29H43BrN4O2S/c1-7-13-25(30)15-12-20-37-19-11-14-24(28(35)31-16-8-2)21-26-22(5)27(23(6)33-26)29(36)32-17-18-34(9-3)10-4/h7-8,11-12,14-16,21,25,33H,1,9-10,13,17-20H2,2-6H3,(H,31,35)(H,32,36)/b14-11+,15-12+,16-8+,24-21-. The molecule has 37 heavy (non-hydrogen) atoms. The van der Waals surface area contributed by atoms with Crippen molar-refractivity contribution in [3.05, 3.63) is 77.3 Å². The second-order valence-corrected chi connectivity index (χ2v) is 10.7. The summed E-state index contributed by atoms with van der Waals surface area (Å²) in [7, 11) is 0. The molecule has 8 heteroatoms. The van der Waals surface area contributed by atoms with Crippen LogP contribution in [0.25, 0.3) is 6.08 Å². The average Bonchev–Trinajstić information content (AvgIpc) is 3.16. The Hall–Kier alpha value is -2.29. The van der Waals surface area contributed by atoms with E-state index in [0.29, 0.717) is 22.5 Å². The third kappa shape index (κ3) is 12.2. The predicted octanol–water partition coefficient (Wildman–Crippen LogP) is 5.92. The summed E-state index contributed by atoms with van der Waals surface area (Å²) in [5, 5.41) is 5.81. The van der Waals surface area contributed by atoms with Crippen molar-refractivity contribution < 1.29 is 9.59 Å². The molecule has 1 atom stereocenters. The smallest absolute Gasteiger partial charge is 0.255 e. The third-order valence-corrected chi connectivity index (χ3v) is 7.25. The van der Waals surface area contributed by atoms with Crippen LogP contribution in [0, 0.1) is 13.8 Å². The van der Waals surface area contributed by atoms with E-state index >= 15 is 0 Å². The van der Waals surface area contributed by atoms with Crippen LogP contribution >= 0.6 is 27.7 Å². The van der Waals surface area contributed by atoms with Gasteiger partial charge in [-0.2, -0.15) is 11.8 Å². The maximum Gasteiger partial charge on any atom is 0.255 e. The van der Waals surface area contributed by atoms with E-state index < -0.39 is 0 Å². The zero-order valence-corrected chi connectivity index (χ0v) is 25.3. The highest BCUT2D eigenvalue weighted by Gasteiger charge is 2.18. The van der Waals surface area contributed by atoms with Gasteiger partial charge in [0, 0.05) is 46.4 Å². The molecule has 0 spiro atoms. The van der Waals surface area contributed by atoms with E-state index in [2.05, 4.69) is 69.0 Å². The zero-order chi connectivity index (χ0) is 27.6. The van der Waals surface area contributed by atoms with Crippen LogP contribution in [0.5, 0.6) is 0 Å². The van der Waals surface area contributed by atoms with Gasteiger partial charge < -0.3 is 20.5 Å². The lowest BCUT2D eigenvalue weighted by molar-refractivity contribution is -0.116. The number of aromatic nitrogens is 1. The SMILES string of the molecule is C=CCC(Br)/C=C/CSC/C=C/C(=C/c1[nH]c(C)c(C(=O)NCCN(CC)CC)c1C)C(=O)N/C=C/C. The molecule has 0 aromatic carbocycles. The number of aromatic amines is 1. The fourth-order valence-electron chi connectivity index (χ4n) is 3.62. The van der Waals surface area contributed by atoms with Gasteiger partial charge in [-0.25, -0.2) is 0 Å². The van der Waals surface area contributed by atoms with E-state index in [4.69, 9.17) is 0 Å². The molecule has 0 bridgehead atoms. The second-order valence-electron chi connectivity index (χ2n) is 8.43. The number of allylic oxidation sites excluding steroid dienone is 3. The van der Waals surface area contributed by atoms with E-state index in [1.165, 1.54) is 0 Å². The lowest BCUT2D eigenvalue weighted by Crippen LogP contribution is -2.35. The topological polar surface area (TPSA) is 77.2 Å². The number of thioether (sulfide) groups is 1. The van der Waals surface area contributed by atoms with Gasteiger partial charge in [0.2, 0.25) is 0 Å². The number of carbonyl (C=O) groups is 2. The quantitative estimate of drug-likeness (QED) is 0.0691. The first kappa shape index (κ1) is 32.7. The van der Waals surface area contributed by atoms with Crippen molar-refractivity contribution in [2.45, 2.75) is 45.9 Å². The first-order chi connectivity index (χ1) is 17.8. The molecule has 0 radical (unpaired) electrons. The number of carbonyl (C=O) groups excluding carboxylic acids is 2. The van der Waals surface area contributed by atoms with Crippen LogP contribution in [0.2, 0.25) is 0 Å². The summed E-state index contributed by atoms with van der Waals surface area (Å²) >= 11 is 5.34. The number of H-pyrrole nitrogens is 1. The molecular formula is C29H43BrN4O2S. The van der Waals surface area contributed by atoms with Crippen LogP contribution in [-0.2, 0) is 4.79 Å². The Balaban J connectivity index is 2.96. The molecule has 1 unspecified atom stereocenters. The first-order valence-electron chi connectivity index (χ1n) is 12.8. The van der Waals surface area contributed by atoms with Crippen molar-refractivity contribution >= 4 is 45.6 Å². The summed E-state index contributed by atoms with van der Waals surface area (Å²) in [5.41, 5.74) is 3.50. The molecule has 1 heterocycles.